The Balaban J connectivity index is 0.000000173. The predicted molar refractivity (Wildman–Crippen MR) is 110 cm³/mol. The molecule has 0 atom stereocenters. The number of hydrogen-bond acceptors (Lipinski definition) is 4. The average Bonchev–Trinajstić information content (AvgIpc) is 3.22. The highest BCUT2D eigenvalue weighted by atomic mass is 32.2. The molecule has 1 aliphatic rings. The van der Waals surface area contributed by atoms with Crippen LogP contribution in [0.1, 0.15) is 18.4 Å². The third kappa shape index (κ3) is 5.27. The van der Waals surface area contributed by atoms with Crippen LogP contribution in [0.2, 0.25) is 0 Å². The maximum absolute atomic E-state index is 12.0. The molecule has 4 nitrogen and oxygen atoms in total. The Morgan fingerprint density at radius 2 is 1.43 bits per heavy atom. The van der Waals surface area contributed by atoms with Crippen LogP contribution in [0.5, 0.6) is 5.75 Å². The second-order valence-corrected chi connectivity index (χ2v) is 10.3. The van der Waals surface area contributed by atoms with Crippen LogP contribution in [0.4, 0.5) is 13.2 Å². The molecule has 0 unspecified atom stereocenters. The van der Waals surface area contributed by atoms with Gasteiger partial charge in [0.15, 0.2) is 4.90 Å². The molecule has 0 spiro atoms. The molecule has 1 N–H and O–H groups in total. The van der Waals surface area contributed by atoms with Gasteiger partial charge in [0.25, 0.3) is 0 Å². The van der Waals surface area contributed by atoms with Crippen molar-refractivity contribution in [3.05, 3.63) is 66.2 Å². The molecule has 0 saturated carbocycles. The lowest BCUT2D eigenvalue weighted by atomic mass is 10.1. The summed E-state index contributed by atoms with van der Waals surface area (Å²) >= 11 is 0. The van der Waals surface area contributed by atoms with Gasteiger partial charge in [-0.15, -0.1) is 0 Å². The highest BCUT2D eigenvalue weighted by Gasteiger charge is 2.30. The zero-order chi connectivity index (χ0) is 21.9. The molecule has 3 aromatic carbocycles. The zero-order valence-electron chi connectivity index (χ0n) is 15.7. The summed E-state index contributed by atoms with van der Waals surface area (Å²) in [5.41, 5.74) is -0.995. The first-order chi connectivity index (χ1) is 14.1. The molecule has 3 aromatic rings. The van der Waals surface area contributed by atoms with Crippen LogP contribution < -0.4 is 0 Å². The SMILES string of the molecule is O=S(=O)([O-])c1ccc(C(F)(F)F)cc1.Oc1ccc([S+]2CCCC2)c2ccccc12. The van der Waals surface area contributed by atoms with Gasteiger partial charge in [0, 0.05) is 21.7 Å². The summed E-state index contributed by atoms with van der Waals surface area (Å²) in [6, 6.07) is 14.5. The van der Waals surface area contributed by atoms with Crippen LogP contribution >= 0.6 is 0 Å². The Labute approximate surface area is 175 Å². The smallest absolute Gasteiger partial charge is 0.416 e. The zero-order valence-corrected chi connectivity index (χ0v) is 17.4. The van der Waals surface area contributed by atoms with Crippen molar-refractivity contribution in [2.24, 2.45) is 0 Å². The second kappa shape index (κ2) is 8.87. The minimum absolute atomic E-state index is 0.405. The molecule has 4 rings (SSSR count). The molecule has 0 amide bonds. The van der Waals surface area contributed by atoms with E-state index < -0.39 is 26.8 Å². The standard InChI is InChI=1S/C14H14OS.C7H5F3O3S/c15-13-7-8-14(16-9-3-4-10-16)12-6-2-1-5-11(12)13;8-7(9,10)5-1-3-6(4-2-5)14(11,12)13/h1-2,5-8H,3-4,9-10H2;1-4H,(H,11,12,13). The van der Waals surface area contributed by atoms with Crippen molar-refractivity contribution in [3.63, 3.8) is 0 Å². The Hall–Kier alpha value is -2.23. The van der Waals surface area contributed by atoms with E-state index in [-0.39, 0.29) is 0 Å². The van der Waals surface area contributed by atoms with Crippen molar-refractivity contribution in [2.45, 2.75) is 28.8 Å². The third-order valence-corrected chi connectivity index (χ3v) is 8.06. The van der Waals surface area contributed by atoms with Gasteiger partial charge in [0.1, 0.15) is 27.4 Å². The van der Waals surface area contributed by atoms with Crippen molar-refractivity contribution in [1.29, 1.82) is 0 Å². The van der Waals surface area contributed by atoms with Crippen LogP contribution in [-0.2, 0) is 27.2 Å². The van der Waals surface area contributed by atoms with Crippen molar-refractivity contribution in [2.75, 3.05) is 11.5 Å². The van der Waals surface area contributed by atoms with Gasteiger partial charge in [-0.1, -0.05) is 18.2 Å². The number of benzene rings is 3. The highest BCUT2D eigenvalue weighted by Crippen LogP contribution is 2.34. The number of rotatable bonds is 2. The first-order valence-electron chi connectivity index (χ1n) is 9.09. The van der Waals surface area contributed by atoms with Crippen molar-refractivity contribution in [3.8, 4) is 5.75 Å². The van der Waals surface area contributed by atoms with Gasteiger partial charge in [-0.3, -0.25) is 0 Å². The maximum atomic E-state index is 12.0. The summed E-state index contributed by atoms with van der Waals surface area (Å²) in [6.07, 6.45) is -1.82. The molecule has 1 fully saturated rings. The first-order valence-corrected chi connectivity index (χ1v) is 12.1. The Bertz CT molecular complexity index is 1120. The summed E-state index contributed by atoms with van der Waals surface area (Å²) in [5.74, 6) is 3.06. The molecular formula is C21H19F3O4S2. The van der Waals surface area contributed by atoms with E-state index in [0.717, 1.165) is 5.39 Å². The topological polar surface area (TPSA) is 77.4 Å². The lowest BCUT2D eigenvalue weighted by molar-refractivity contribution is -0.137. The van der Waals surface area contributed by atoms with E-state index in [1.807, 2.05) is 18.2 Å². The number of halogens is 3. The molecule has 1 saturated heterocycles. The molecule has 160 valence electrons. The Kier molecular flexibility index (Phi) is 6.64. The number of phenolic OH excluding ortho intramolecular Hbond substituents is 1. The predicted octanol–water partition coefficient (Wildman–Crippen LogP) is 4.93. The fraction of sp³-hybridized carbons (Fsp3) is 0.238. The summed E-state index contributed by atoms with van der Waals surface area (Å²) in [7, 11) is -4.27. The van der Waals surface area contributed by atoms with E-state index in [1.165, 1.54) is 34.6 Å². The summed E-state index contributed by atoms with van der Waals surface area (Å²) in [5, 5.41) is 12.1. The largest absolute Gasteiger partial charge is 0.744 e. The molecule has 30 heavy (non-hydrogen) atoms. The second-order valence-electron chi connectivity index (χ2n) is 6.71. The first kappa shape index (κ1) is 22.5. The van der Waals surface area contributed by atoms with E-state index in [1.54, 1.807) is 0 Å². The molecule has 1 heterocycles. The number of hydrogen-bond donors (Lipinski definition) is 1. The van der Waals surface area contributed by atoms with Crippen LogP contribution in [-0.4, -0.2) is 29.6 Å². The normalized spacial score (nSPS) is 15.1. The van der Waals surface area contributed by atoms with Gasteiger partial charge in [0.2, 0.25) is 0 Å². The third-order valence-electron chi connectivity index (χ3n) is 4.67. The van der Waals surface area contributed by atoms with Gasteiger partial charge < -0.3 is 9.66 Å². The Morgan fingerprint density at radius 1 is 0.867 bits per heavy atom. The van der Waals surface area contributed by atoms with Crippen molar-refractivity contribution in [1.82, 2.24) is 0 Å². The number of phenols is 1. The maximum Gasteiger partial charge on any atom is 0.416 e. The average molecular weight is 457 g/mol. The van der Waals surface area contributed by atoms with E-state index in [9.17, 15) is 31.2 Å². The van der Waals surface area contributed by atoms with E-state index in [0.29, 0.717) is 40.9 Å². The molecule has 9 heteroatoms. The minimum Gasteiger partial charge on any atom is -0.744 e. The number of alkyl halides is 3. The van der Waals surface area contributed by atoms with Gasteiger partial charge in [0.05, 0.1) is 10.5 Å². The molecule has 0 radical (unpaired) electrons. The van der Waals surface area contributed by atoms with E-state index in [2.05, 4.69) is 18.2 Å². The lowest BCUT2D eigenvalue weighted by Crippen LogP contribution is -2.05. The Morgan fingerprint density at radius 3 is 1.97 bits per heavy atom. The minimum atomic E-state index is -4.68. The fourth-order valence-electron chi connectivity index (χ4n) is 3.19. The molecule has 0 aliphatic carbocycles. The van der Waals surface area contributed by atoms with Crippen molar-refractivity contribution < 1.29 is 31.2 Å². The quantitative estimate of drug-likeness (QED) is 0.438. The number of fused-ring (bicyclic) bond motifs is 1. The molecule has 1 aliphatic heterocycles. The van der Waals surface area contributed by atoms with Crippen LogP contribution in [0.25, 0.3) is 10.8 Å². The van der Waals surface area contributed by atoms with Crippen LogP contribution in [0.15, 0.2) is 70.5 Å². The van der Waals surface area contributed by atoms with Gasteiger partial charge in [-0.05, 0) is 55.3 Å². The van der Waals surface area contributed by atoms with Crippen LogP contribution in [0, 0.1) is 0 Å². The molecule has 0 aromatic heterocycles. The summed E-state index contributed by atoms with van der Waals surface area (Å²) in [6.45, 7) is 0. The van der Waals surface area contributed by atoms with Gasteiger partial charge in [-0.25, -0.2) is 8.42 Å². The molecular weight excluding hydrogens is 437 g/mol. The van der Waals surface area contributed by atoms with E-state index in [4.69, 9.17) is 0 Å². The monoisotopic (exact) mass is 456 g/mol. The molecule has 0 bridgehead atoms. The highest BCUT2D eigenvalue weighted by molar-refractivity contribution is 7.97. The fourth-order valence-corrected chi connectivity index (χ4v) is 6.16. The van der Waals surface area contributed by atoms with Gasteiger partial charge >= 0.3 is 6.18 Å². The van der Waals surface area contributed by atoms with Gasteiger partial charge in [-0.2, -0.15) is 13.2 Å². The summed E-state index contributed by atoms with van der Waals surface area (Å²) < 4.78 is 67.0. The van der Waals surface area contributed by atoms with Crippen LogP contribution in [0.3, 0.4) is 0 Å². The van der Waals surface area contributed by atoms with Crippen molar-refractivity contribution >= 4 is 31.8 Å². The summed E-state index contributed by atoms with van der Waals surface area (Å²) in [4.78, 5) is 0.774. The van der Waals surface area contributed by atoms with E-state index >= 15 is 0 Å². The number of aromatic hydroxyl groups is 1. The lowest BCUT2D eigenvalue weighted by Gasteiger charge is -2.09.